The standard InChI is InChI=1S/C19H28ClNO5S/c1-21(19(22)26-18-11-9-17(20)10-12-18)14-16-7-5-15(6-8-16)4-3-13-25-27(2,23)24/h9-12,15-16H,3-8,13-14H2,1-2H3/t15-,16-. The van der Waals surface area contributed by atoms with Gasteiger partial charge in [-0.3, -0.25) is 4.18 Å². The highest BCUT2D eigenvalue weighted by Crippen LogP contribution is 2.32. The highest BCUT2D eigenvalue weighted by atomic mass is 35.5. The van der Waals surface area contributed by atoms with E-state index >= 15 is 0 Å². The highest BCUT2D eigenvalue weighted by Gasteiger charge is 2.24. The Kier molecular flexibility index (Phi) is 8.38. The normalized spacial score (nSPS) is 20.3. The Morgan fingerprint density at radius 3 is 2.33 bits per heavy atom. The summed E-state index contributed by atoms with van der Waals surface area (Å²) in [4.78, 5) is 13.8. The van der Waals surface area contributed by atoms with Gasteiger partial charge in [-0.1, -0.05) is 24.4 Å². The number of hydrogen-bond donors (Lipinski definition) is 0. The van der Waals surface area contributed by atoms with Crippen LogP contribution >= 0.6 is 11.6 Å². The first-order valence-electron chi connectivity index (χ1n) is 9.26. The van der Waals surface area contributed by atoms with Crippen LogP contribution in [0.5, 0.6) is 5.75 Å². The average Bonchev–Trinajstić information content (AvgIpc) is 2.61. The summed E-state index contributed by atoms with van der Waals surface area (Å²) in [6.07, 6.45) is 6.79. The second-order valence-electron chi connectivity index (χ2n) is 7.26. The van der Waals surface area contributed by atoms with Crippen LogP contribution in [0.15, 0.2) is 24.3 Å². The van der Waals surface area contributed by atoms with Crippen LogP contribution in [0, 0.1) is 11.8 Å². The van der Waals surface area contributed by atoms with Gasteiger partial charge in [0.2, 0.25) is 0 Å². The van der Waals surface area contributed by atoms with Crippen LogP contribution in [-0.4, -0.2) is 45.9 Å². The zero-order valence-electron chi connectivity index (χ0n) is 15.9. The van der Waals surface area contributed by atoms with E-state index in [-0.39, 0.29) is 12.7 Å². The second-order valence-corrected chi connectivity index (χ2v) is 9.34. The number of halogens is 1. The lowest BCUT2D eigenvalue weighted by atomic mass is 9.80. The van der Waals surface area contributed by atoms with Gasteiger partial charge in [0, 0.05) is 18.6 Å². The number of carbonyl (C=O) groups is 1. The predicted octanol–water partition coefficient (Wildman–Crippen LogP) is 4.33. The van der Waals surface area contributed by atoms with E-state index in [1.807, 2.05) is 0 Å². The number of rotatable bonds is 8. The first kappa shape index (κ1) is 22.0. The van der Waals surface area contributed by atoms with Gasteiger partial charge in [0.05, 0.1) is 12.9 Å². The fraction of sp³-hybridized carbons (Fsp3) is 0.632. The van der Waals surface area contributed by atoms with Crippen molar-refractivity contribution in [3.05, 3.63) is 29.3 Å². The van der Waals surface area contributed by atoms with Gasteiger partial charge < -0.3 is 9.64 Å². The van der Waals surface area contributed by atoms with Gasteiger partial charge in [-0.05, 0) is 61.8 Å². The van der Waals surface area contributed by atoms with E-state index in [1.165, 1.54) is 0 Å². The molecule has 0 bridgehead atoms. The summed E-state index contributed by atoms with van der Waals surface area (Å²) in [6.45, 7) is 0.939. The Bertz CT molecular complexity index is 699. The zero-order chi connectivity index (χ0) is 19.9. The van der Waals surface area contributed by atoms with E-state index in [0.717, 1.165) is 44.8 Å². The van der Waals surface area contributed by atoms with Gasteiger partial charge in [-0.2, -0.15) is 8.42 Å². The summed E-state index contributed by atoms with van der Waals surface area (Å²) in [6, 6.07) is 6.72. The highest BCUT2D eigenvalue weighted by molar-refractivity contribution is 7.85. The zero-order valence-corrected chi connectivity index (χ0v) is 17.5. The van der Waals surface area contributed by atoms with Crippen molar-refractivity contribution >= 4 is 27.8 Å². The summed E-state index contributed by atoms with van der Waals surface area (Å²) in [5.74, 6) is 1.56. The molecule has 0 radical (unpaired) electrons. The Balaban J connectivity index is 1.65. The van der Waals surface area contributed by atoms with E-state index in [0.29, 0.717) is 29.2 Å². The summed E-state index contributed by atoms with van der Waals surface area (Å²) in [7, 11) is -1.58. The van der Waals surface area contributed by atoms with Crippen LogP contribution in [0.25, 0.3) is 0 Å². The Labute approximate surface area is 166 Å². The topological polar surface area (TPSA) is 72.9 Å². The molecule has 0 saturated heterocycles. The number of benzene rings is 1. The van der Waals surface area contributed by atoms with Crippen molar-refractivity contribution < 1.29 is 22.1 Å². The maximum Gasteiger partial charge on any atom is 0.414 e. The van der Waals surface area contributed by atoms with Crippen LogP contribution < -0.4 is 4.74 Å². The molecule has 1 fully saturated rings. The van der Waals surface area contributed by atoms with Crippen molar-refractivity contribution in [1.82, 2.24) is 4.90 Å². The van der Waals surface area contributed by atoms with Gasteiger partial charge >= 0.3 is 6.09 Å². The van der Waals surface area contributed by atoms with Gasteiger partial charge in [0.15, 0.2) is 0 Å². The first-order chi connectivity index (χ1) is 12.7. The third kappa shape index (κ3) is 8.49. The molecule has 8 heteroatoms. The summed E-state index contributed by atoms with van der Waals surface area (Å²) >= 11 is 5.83. The average molecular weight is 418 g/mol. The molecule has 1 saturated carbocycles. The number of carbonyl (C=O) groups excluding carboxylic acids is 1. The van der Waals surface area contributed by atoms with Crippen LogP contribution in [0.4, 0.5) is 4.79 Å². The number of ether oxygens (including phenoxy) is 1. The molecule has 27 heavy (non-hydrogen) atoms. The minimum Gasteiger partial charge on any atom is -0.410 e. The van der Waals surface area contributed by atoms with Crippen molar-refractivity contribution in [3.8, 4) is 5.75 Å². The van der Waals surface area contributed by atoms with E-state index in [4.69, 9.17) is 20.5 Å². The van der Waals surface area contributed by atoms with Crippen LogP contribution in [0.2, 0.25) is 5.02 Å². The molecule has 0 unspecified atom stereocenters. The number of amides is 1. The SMILES string of the molecule is CN(C[C@H]1CC[C@H](CCCOS(C)(=O)=O)CC1)C(=O)Oc1ccc(Cl)cc1. The van der Waals surface area contributed by atoms with E-state index in [9.17, 15) is 13.2 Å². The minimum atomic E-state index is -3.34. The smallest absolute Gasteiger partial charge is 0.410 e. The number of nitrogens with zero attached hydrogens (tertiary/aromatic N) is 1. The molecular formula is C19H28ClNO5S. The lowest BCUT2D eigenvalue weighted by Gasteiger charge is -2.31. The quantitative estimate of drug-likeness (QED) is 0.464. The monoisotopic (exact) mass is 417 g/mol. The van der Waals surface area contributed by atoms with Gasteiger partial charge in [0.1, 0.15) is 5.75 Å². The molecule has 0 aromatic heterocycles. The Hall–Kier alpha value is -1.31. The summed E-state index contributed by atoms with van der Waals surface area (Å²) in [5.41, 5.74) is 0. The molecule has 1 aliphatic carbocycles. The molecule has 152 valence electrons. The molecule has 1 aliphatic rings. The molecule has 0 atom stereocenters. The van der Waals surface area contributed by atoms with E-state index < -0.39 is 10.1 Å². The third-order valence-electron chi connectivity index (χ3n) is 4.88. The third-order valence-corrected chi connectivity index (χ3v) is 5.73. The maximum atomic E-state index is 12.2. The molecule has 6 nitrogen and oxygen atoms in total. The van der Waals surface area contributed by atoms with Crippen LogP contribution in [-0.2, 0) is 14.3 Å². The van der Waals surface area contributed by atoms with Crippen LogP contribution in [0.1, 0.15) is 38.5 Å². The Morgan fingerprint density at radius 2 is 1.74 bits per heavy atom. The molecule has 0 N–H and O–H groups in total. The van der Waals surface area contributed by atoms with Crippen molar-refractivity contribution in [1.29, 1.82) is 0 Å². The predicted molar refractivity (Wildman–Crippen MR) is 106 cm³/mol. The van der Waals surface area contributed by atoms with Gasteiger partial charge in [-0.15, -0.1) is 0 Å². The lowest BCUT2D eigenvalue weighted by molar-refractivity contribution is 0.144. The molecule has 0 heterocycles. The first-order valence-corrected chi connectivity index (χ1v) is 11.5. The number of hydrogen-bond acceptors (Lipinski definition) is 5. The van der Waals surface area contributed by atoms with Crippen molar-refractivity contribution in [2.24, 2.45) is 11.8 Å². The molecule has 1 amide bonds. The van der Waals surface area contributed by atoms with E-state index in [2.05, 4.69) is 0 Å². The van der Waals surface area contributed by atoms with E-state index in [1.54, 1.807) is 36.2 Å². The lowest BCUT2D eigenvalue weighted by Crippen LogP contribution is -2.35. The van der Waals surface area contributed by atoms with Crippen molar-refractivity contribution in [2.45, 2.75) is 38.5 Å². The Morgan fingerprint density at radius 1 is 1.15 bits per heavy atom. The molecule has 0 aliphatic heterocycles. The van der Waals surface area contributed by atoms with Crippen LogP contribution in [0.3, 0.4) is 0 Å². The fourth-order valence-electron chi connectivity index (χ4n) is 3.43. The minimum absolute atomic E-state index is 0.262. The summed E-state index contributed by atoms with van der Waals surface area (Å²) < 4.78 is 32.0. The largest absolute Gasteiger partial charge is 0.414 e. The fourth-order valence-corrected chi connectivity index (χ4v) is 3.97. The van der Waals surface area contributed by atoms with Crippen molar-refractivity contribution in [3.63, 3.8) is 0 Å². The maximum absolute atomic E-state index is 12.2. The molecule has 1 aromatic carbocycles. The molecule has 1 aromatic rings. The summed E-state index contributed by atoms with van der Waals surface area (Å²) in [5, 5.41) is 0.600. The molecular weight excluding hydrogens is 390 g/mol. The van der Waals surface area contributed by atoms with Gasteiger partial charge in [0.25, 0.3) is 10.1 Å². The van der Waals surface area contributed by atoms with Crippen molar-refractivity contribution in [2.75, 3.05) is 26.5 Å². The second kappa shape index (κ2) is 10.3. The van der Waals surface area contributed by atoms with Gasteiger partial charge in [-0.25, -0.2) is 4.79 Å². The molecule has 0 spiro atoms. The molecule has 2 rings (SSSR count).